The number of benzene rings is 2. The molecule has 0 aliphatic heterocycles. The lowest BCUT2D eigenvalue weighted by Gasteiger charge is -2.16. The molecular formula is C22H21N3O3S. The second kappa shape index (κ2) is 8.36. The summed E-state index contributed by atoms with van der Waals surface area (Å²) in [4.78, 5) is 18.3. The molecule has 2 aromatic carbocycles. The minimum atomic E-state index is -0.661. The van der Waals surface area contributed by atoms with E-state index in [2.05, 4.69) is 10.3 Å². The summed E-state index contributed by atoms with van der Waals surface area (Å²) in [5, 5.41) is 4.95. The summed E-state index contributed by atoms with van der Waals surface area (Å²) in [6.07, 6.45) is 3.26. The number of anilines is 1. The molecule has 1 N–H and O–H groups in total. The molecule has 2 aromatic heterocycles. The smallest absolute Gasteiger partial charge is 0.265 e. The average Bonchev–Trinajstić information content (AvgIpc) is 3.32. The molecule has 0 radical (unpaired) electrons. The summed E-state index contributed by atoms with van der Waals surface area (Å²) < 4.78 is 13.2. The zero-order valence-electron chi connectivity index (χ0n) is 16.2. The molecule has 0 spiro atoms. The van der Waals surface area contributed by atoms with Gasteiger partial charge in [0.05, 0.1) is 18.0 Å². The first-order valence-electron chi connectivity index (χ1n) is 9.36. The maximum Gasteiger partial charge on any atom is 0.265 e. The van der Waals surface area contributed by atoms with Gasteiger partial charge in [-0.2, -0.15) is 0 Å². The molecule has 0 bridgehead atoms. The third-order valence-corrected chi connectivity index (χ3v) is 5.14. The number of carbonyl (C=O) groups is 1. The first-order chi connectivity index (χ1) is 14.1. The summed E-state index contributed by atoms with van der Waals surface area (Å²) in [6, 6.07) is 14.9. The molecule has 1 amide bonds. The minimum absolute atomic E-state index is 0.229. The Morgan fingerprint density at radius 2 is 1.93 bits per heavy atom. The zero-order valence-corrected chi connectivity index (χ0v) is 17.0. The number of imidazole rings is 1. The van der Waals surface area contributed by atoms with Crippen molar-refractivity contribution in [2.24, 2.45) is 0 Å². The molecule has 6 nitrogen and oxygen atoms in total. The van der Waals surface area contributed by atoms with Crippen molar-refractivity contribution in [1.29, 1.82) is 0 Å². The van der Waals surface area contributed by atoms with Gasteiger partial charge in [0.25, 0.3) is 5.91 Å². The summed E-state index contributed by atoms with van der Waals surface area (Å²) >= 11 is 1.57. The predicted octanol–water partition coefficient (Wildman–Crippen LogP) is 4.87. The van der Waals surface area contributed by atoms with Crippen molar-refractivity contribution in [3.05, 3.63) is 66.3 Å². The van der Waals surface area contributed by atoms with E-state index >= 15 is 0 Å². The fourth-order valence-electron chi connectivity index (χ4n) is 2.95. The van der Waals surface area contributed by atoms with Crippen LogP contribution in [-0.4, -0.2) is 28.0 Å². The Hall–Kier alpha value is -3.32. The lowest BCUT2D eigenvalue weighted by Crippen LogP contribution is -2.30. The van der Waals surface area contributed by atoms with Crippen molar-refractivity contribution in [2.45, 2.75) is 20.0 Å². The molecule has 2 heterocycles. The van der Waals surface area contributed by atoms with Crippen LogP contribution in [0.1, 0.15) is 13.8 Å². The van der Waals surface area contributed by atoms with E-state index in [0.717, 1.165) is 22.0 Å². The molecule has 0 saturated carbocycles. The Kier molecular flexibility index (Phi) is 5.48. The standard InChI is InChI=1S/C22H21N3O3S/c1-3-27-16-8-10-17(11-9-16)28-15(2)21(26)23-19-7-5-4-6-18(19)20-14-25-12-13-29-22(25)24-20/h4-15H,3H2,1-2H3,(H,23,26). The van der Waals surface area contributed by atoms with Crippen LogP contribution in [0.3, 0.4) is 0 Å². The van der Waals surface area contributed by atoms with Crippen LogP contribution in [-0.2, 0) is 4.79 Å². The number of carbonyl (C=O) groups excluding carboxylic acids is 1. The number of amides is 1. The topological polar surface area (TPSA) is 64.9 Å². The largest absolute Gasteiger partial charge is 0.494 e. The fraction of sp³-hybridized carbons (Fsp3) is 0.182. The number of para-hydroxylation sites is 1. The Bertz CT molecular complexity index is 1090. The molecule has 0 fully saturated rings. The second-order valence-electron chi connectivity index (χ2n) is 6.42. The van der Waals surface area contributed by atoms with Gasteiger partial charge in [0, 0.05) is 23.3 Å². The Morgan fingerprint density at radius 1 is 1.17 bits per heavy atom. The number of ether oxygens (including phenoxy) is 2. The van der Waals surface area contributed by atoms with Gasteiger partial charge in [0.2, 0.25) is 0 Å². The van der Waals surface area contributed by atoms with E-state index < -0.39 is 6.10 Å². The number of hydrogen-bond acceptors (Lipinski definition) is 5. The molecule has 1 unspecified atom stereocenters. The first kappa shape index (κ1) is 19.0. The van der Waals surface area contributed by atoms with Crippen LogP contribution in [0.5, 0.6) is 11.5 Å². The quantitative estimate of drug-likeness (QED) is 0.475. The van der Waals surface area contributed by atoms with Crippen molar-refractivity contribution in [3.8, 4) is 22.8 Å². The van der Waals surface area contributed by atoms with E-state index in [9.17, 15) is 4.79 Å². The monoisotopic (exact) mass is 407 g/mol. The highest BCUT2D eigenvalue weighted by Crippen LogP contribution is 2.29. The first-order valence-corrected chi connectivity index (χ1v) is 10.2. The van der Waals surface area contributed by atoms with E-state index in [0.29, 0.717) is 18.0 Å². The average molecular weight is 407 g/mol. The van der Waals surface area contributed by atoms with E-state index in [-0.39, 0.29) is 5.91 Å². The summed E-state index contributed by atoms with van der Waals surface area (Å²) in [6.45, 7) is 4.26. The van der Waals surface area contributed by atoms with Crippen molar-refractivity contribution < 1.29 is 14.3 Å². The summed E-state index contributed by atoms with van der Waals surface area (Å²) in [7, 11) is 0. The van der Waals surface area contributed by atoms with Crippen LogP contribution in [0.25, 0.3) is 16.2 Å². The molecule has 0 saturated heterocycles. The predicted molar refractivity (Wildman–Crippen MR) is 115 cm³/mol. The zero-order chi connectivity index (χ0) is 20.2. The second-order valence-corrected chi connectivity index (χ2v) is 7.29. The third kappa shape index (κ3) is 4.25. The highest BCUT2D eigenvalue weighted by Gasteiger charge is 2.18. The number of hydrogen-bond donors (Lipinski definition) is 1. The maximum absolute atomic E-state index is 12.7. The van der Waals surface area contributed by atoms with Crippen LogP contribution in [0.2, 0.25) is 0 Å². The van der Waals surface area contributed by atoms with Gasteiger partial charge in [-0.3, -0.25) is 9.20 Å². The number of nitrogens with zero attached hydrogens (tertiary/aromatic N) is 2. The van der Waals surface area contributed by atoms with Gasteiger partial charge < -0.3 is 14.8 Å². The number of nitrogens with one attached hydrogen (secondary N) is 1. The van der Waals surface area contributed by atoms with Crippen LogP contribution >= 0.6 is 11.3 Å². The Labute approximate surface area is 172 Å². The van der Waals surface area contributed by atoms with Crippen molar-refractivity contribution in [2.75, 3.05) is 11.9 Å². The van der Waals surface area contributed by atoms with Gasteiger partial charge in [-0.1, -0.05) is 18.2 Å². The normalized spacial score (nSPS) is 11.9. The molecule has 148 valence electrons. The SMILES string of the molecule is CCOc1ccc(OC(C)C(=O)Nc2ccccc2-c2cn3ccsc3n2)cc1. The van der Waals surface area contributed by atoms with E-state index in [1.165, 1.54) is 0 Å². The Morgan fingerprint density at radius 3 is 2.69 bits per heavy atom. The van der Waals surface area contributed by atoms with E-state index in [1.807, 2.05) is 65.5 Å². The van der Waals surface area contributed by atoms with Gasteiger partial charge in [0.1, 0.15) is 11.5 Å². The number of rotatable bonds is 7. The lowest BCUT2D eigenvalue weighted by molar-refractivity contribution is -0.122. The maximum atomic E-state index is 12.7. The number of aromatic nitrogens is 2. The van der Waals surface area contributed by atoms with Crippen LogP contribution < -0.4 is 14.8 Å². The van der Waals surface area contributed by atoms with Gasteiger partial charge in [0.15, 0.2) is 11.1 Å². The molecule has 29 heavy (non-hydrogen) atoms. The van der Waals surface area contributed by atoms with Gasteiger partial charge >= 0.3 is 0 Å². The van der Waals surface area contributed by atoms with E-state index in [1.54, 1.807) is 30.4 Å². The fourth-order valence-corrected chi connectivity index (χ4v) is 3.65. The van der Waals surface area contributed by atoms with Crippen molar-refractivity contribution in [1.82, 2.24) is 9.38 Å². The molecule has 0 aliphatic carbocycles. The molecule has 4 rings (SSSR count). The molecule has 7 heteroatoms. The highest BCUT2D eigenvalue weighted by molar-refractivity contribution is 7.15. The molecule has 1 atom stereocenters. The Balaban J connectivity index is 1.47. The summed E-state index contributed by atoms with van der Waals surface area (Å²) in [5.74, 6) is 1.15. The van der Waals surface area contributed by atoms with E-state index in [4.69, 9.17) is 9.47 Å². The minimum Gasteiger partial charge on any atom is -0.494 e. The third-order valence-electron chi connectivity index (χ3n) is 4.37. The van der Waals surface area contributed by atoms with Crippen molar-refractivity contribution in [3.63, 3.8) is 0 Å². The van der Waals surface area contributed by atoms with Crippen molar-refractivity contribution >= 4 is 27.9 Å². The van der Waals surface area contributed by atoms with Gasteiger partial charge in [-0.25, -0.2) is 4.98 Å². The van der Waals surface area contributed by atoms with Crippen LogP contribution in [0, 0.1) is 0 Å². The molecular weight excluding hydrogens is 386 g/mol. The van der Waals surface area contributed by atoms with Gasteiger partial charge in [-0.15, -0.1) is 11.3 Å². The van der Waals surface area contributed by atoms with Crippen LogP contribution in [0.4, 0.5) is 5.69 Å². The highest BCUT2D eigenvalue weighted by atomic mass is 32.1. The number of thiazole rings is 1. The molecule has 0 aliphatic rings. The molecule has 4 aromatic rings. The summed E-state index contributed by atoms with van der Waals surface area (Å²) in [5.41, 5.74) is 2.38. The number of fused-ring (bicyclic) bond motifs is 1. The van der Waals surface area contributed by atoms with Gasteiger partial charge in [-0.05, 0) is 44.2 Å². The lowest BCUT2D eigenvalue weighted by atomic mass is 10.1. The van der Waals surface area contributed by atoms with Crippen LogP contribution in [0.15, 0.2) is 66.3 Å².